The van der Waals surface area contributed by atoms with Crippen LogP contribution in [0.2, 0.25) is 0 Å². The molecule has 3 aromatic rings. The Labute approximate surface area is 203 Å². The number of pyridine rings is 1. The molecule has 0 saturated heterocycles. The van der Waals surface area contributed by atoms with Crippen LogP contribution in [-0.4, -0.2) is 35.8 Å². The second-order valence-corrected chi connectivity index (χ2v) is 7.32. The number of hydrazine groups is 1. The van der Waals surface area contributed by atoms with Crippen molar-refractivity contribution in [3.8, 4) is 11.5 Å². The number of carbonyl (C=O) groups is 2. The van der Waals surface area contributed by atoms with Crippen molar-refractivity contribution < 1.29 is 19.1 Å². The molecule has 0 aliphatic rings. The van der Waals surface area contributed by atoms with Crippen LogP contribution in [0.5, 0.6) is 11.5 Å². The molecule has 1 heterocycles. The van der Waals surface area contributed by atoms with Crippen LogP contribution in [0.3, 0.4) is 0 Å². The van der Waals surface area contributed by atoms with Crippen molar-refractivity contribution in [2.24, 2.45) is 5.73 Å². The van der Waals surface area contributed by atoms with Gasteiger partial charge >= 0.3 is 0 Å². The average molecular weight is 477 g/mol. The number of nitrogens with two attached hydrogens (primary N) is 1. The van der Waals surface area contributed by atoms with E-state index in [0.29, 0.717) is 47.1 Å². The van der Waals surface area contributed by atoms with E-state index < -0.39 is 17.9 Å². The first-order valence-corrected chi connectivity index (χ1v) is 11.0. The topological polar surface area (TPSA) is 151 Å². The summed E-state index contributed by atoms with van der Waals surface area (Å²) in [5, 5.41) is 10.7. The van der Waals surface area contributed by atoms with Crippen molar-refractivity contribution in [3.63, 3.8) is 0 Å². The monoisotopic (exact) mass is 476 g/mol. The minimum Gasteiger partial charge on any atom is -0.490 e. The molecule has 6 N–H and O–H groups in total. The van der Waals surface area contributed by atoms with Crippen LogP contribution in [0.1, 0.15) is 41.4 Å². The molecule has 1 atom stereocenters. The Hall–Kier alpha value is -4.60. The molecule has 3 rings (SSSR count). The van der Waals surface area contributed by atoms with Crippen LogP contribution in [0, 0.1) is 5.41 Å². The van der Waals surface area contributed by atoms with Gasteiger partial charge in [-0.15, -0.1) is 0 Å². The third kappa shape index (κ3) is 6.70. The van der Waals surface area contributed by atoms with Gasteiger partial charge in [-0.05, 0) is 67.9 Å². The van der Waals surface area contributed by atoms with E-state index >= 15 is 0 Å². The fourth-order valence-corrected chi connectivity index (χ4v) is 3.23. The molecule has 1 unspecified atom stereocenters. The van der Waals surface area contributed by atoms with Gasteiger partial charge in [0.2, 0.25) is 0 Å². The molecular formula is C25H28N6O4. The first-order chi connectivity index (χ1) is 16.9. The minimum atomic E-state index is -0.897. The number of amides is 2. The van der Waals surface area contributed by atoms with E-state index in [1.54, 1.807) is 42.5 Å². The van der Waals surface area contributed by atoms with E-state index in [-0.39, 0.29) is 5.84 Å². The van der Waals surface area contributed by atoms with Crippen molar-refractivity contribution >= 4 is 23.3 Å². The SMILES string of the molecule is CCOc1ccc(C(Nc2ccc(C(=N)N)cc2)C(=O)NNC(=O)c2ccncc2)cc1OCC. The highest BCUT2D eigenvalue weighted by atomic mass is 16.5. The molecule has 0 saturated carbocycles. The molecule has 0 bridgehead atoms. The predicted molar refractivity (Wildman–Crippen MR) is 132 cm³/mol. The highest BCUT2D eigenvalue weighted by Gasteiger charge is 2.23. The zero-order valence-electron chi connectivity index (χ0n) is 19.5. The van der Waals surface area contributed by atoms with Crippen LogP contribution < -0.4 is 31.4 Å². The van der Waals surface area contributed by atoms with Crippen LogP contribution in [-0.2, 0) is 4.79 Å². The first kappa shape index (κ1) is 25.0. The van der Waals surface area contributed by atoms with Gasteiger partial charge in [-0.25, -0.2) is 0 Å². The van der Waals surface area contributed by atoms with Crippen molar-refractivity contribution in [1.82, 2.24) is 15.8 Å². The number of rotatable bonds is 10. The molecule has 0 radical (unpaired) electrons. The maximum Gasteiger partial charge on any atom is 0.269 e. The Balaban J connectivity index is 1.87. The fraction of sp³-hybridized carbons (Fsp3) is 0.200. The van der Waals surface area contributed by atoms with Gasteiger partial charge in [0, 0.05) is 29.2 Å². The Morgan fingerprint density at radius 2 is 1.57 bits per heavy atom. The highest BCUT2D eigenvalue weighted by Crippen LogP contribution is 2.32. The lowest BCUT2D eigenvalue weighted by atomic mass is 10.0. The number of nitrogens with one attached hydrogen (secondary N) is 4. The maximum atomic E-state index is 13.2. The molecule has 0 aliphatic carbocycles. The second kappa shape index (κ2) is 12.0. The van der Waals surface area contributed by atoms with Gasteiger partial charge in [0.25, 0.3) is 11.8 Å². The summed E-state index contributed by atoms with van der Waals surface area (Å²) in [6, 6.07) is 14.2. The molecule has 1 aromatic heterocycles. The van der Waals surface area contributed by atoms with E-state index in [1.165, 1.54) is 24.5 Å². The van der Waals surface area contributed by atoms with Crippen molar-refractivity contribution in [1.29, 1.82) is 5.41 Å². The smallest absolute Gasteiger partial charge is 0.269 e. The third-order valence-electron chi connectivity index (χ3n) is 4.91. The Bertz CT molecular complexity index is 1170. The first-order valence-electron chi connectivity index (χ1n) is 11.0. The number of hydrogen-bond acceptors (Lipinski definition) is 7. The third-order valence-corrected chi connectivity index (χ3v) is 4.91. The molecular weight excluding hydrogens is 448 g/mol. The average Bonchev–Trinajstić information content (AvgIpc) is 2.87. The highest BCUT2D eigenvalue weighted by molar-refractivity contribution is 5.97. The van der Waals surface area contributed by atoms with E-state index in [9.17, 15) is 9.59 Å². The van der Waals surface area contributed by atoms with Crippen molar-refractivity contribution in [3.05, 3.63) is 83.7 Å². The molecule has 2 amide bonds. The summed E-state index contributed by atoms with van der Waals surface area (Å²) in [7, 11) is 0. The lowest BCUT2D eigenvalue weighted by molar-refractivity contribution is -0.122. The quantitative estimate of drug-likeness (QED) is 0.171. The van der Waals surface area contributed by atoms with Crippen molar-refractivity contribution in [2.75, 3.05) is 18.5 Å². The normalized spacial score (nSPS) is 11.1. The van der Waals surface area contributed by atoms with E-state index in [4.69, 9.17) is 20.6 Å². The second-order valence-electron chi connectivity index (χ2n) is 7.32. The van der Waals surface area contributed by atoms with E-state index in [1.807, 2.05) is 13.8 Å². The number of ether oxygens (including phenoxy) is 2. The molecule has 10 heteroatoms. The van der Waals surface area contributed by atoms with Gasteiger partial charge in [-0.1, -0.05) is 6.07 Å². The van der Waals surface area contributed by atoms with Crippen LogP contribution >= 0.6 is 0 Å². The summed E-state index contributed by atoms with van der Waals surface area (Å²) < 4.78 is 11.3. The van der Waals surface area contributed by atoms with Gasteiger partial charge in [0.05, 0.1) is 13.2 Å². The standard InChI is InChI=1S/C25H28N6O4/c1-3-34-20-10-7-18(15-21(20)35-4-2)22(29-19-8-5-16(6-9-19)23(26)27)25(33)31-30-24(32)17-11-13-28-14-12-17/h5-15,22,29H,3-4H2,1-2H3,(H3,26,27)(H,30,32)(H,31,33). The van der Waals surface area contributed by atoms with E-state index in [2.05, 4.69) is 21.2 Å². The molecule has 182 valence electrons. The molecule has 10 nitrogen and oxygen atoms in total. The Kier molecular flexibility index (Phi) is 8.60. The van der Waals surface area contributed by atoms with Crippen LogP contribution in [0.25, 0.3) is 0 Å². The number of hydrogen-bond donors (Lipinski definition) is 5. The largest absolute Gasteiger partial charge is 0.490 e. The van der Waals surface area contributed by atoms with Crippen molar-refractivity contribution in [2.45, 2.75) is 19.9 Å². The number of benzene rings is 2. The van der Waals surface area contributed by atoms with Gasteiger partial charge in [0.15, 0.2) is 11.5 Å². The predicted octanol–water partition coefficient (Wildman–Crippen LogP) is 2.78. The number of anilines is 1. The summed E-state index contributed by atoms with van der Waals surface area (Å²) in [5.41, 5.74) is 12.5. The minimum absolute atomic E-state index is 0.0578. The number of amidine groups is 1. The maximum absolute atomic E-state index is 13.2. The van der Waals surface area contributed by atoms with Gasteiger partial charge in [-0.3, -0.25) is 30.8 Å². The lowest BCUT2D eigenvalue weighted by Crippen LogP contribution is -2.45. The molecule has 0 aliphatic heterocycles. The Morgan fingerprint density at radius 1 is 0.914 bits per heavy atom. The summed E-state index contributed by atoms with van der Waals surface area (Å²) in [6.07, 6.45) is 2.97. The zero-order valence-corrected chi connectivity index (χ0v) is 19.5. The number of carbonyl (C=O) groups excluding carboxylic acids is 2. The number of nitrogens with zero attached hydrogens (tertiary/aromatic N) is 1. The Morgan fingerprint density at radius 3 is 2.20 bits per heavy atom. The fourth-order valence-electron chi connectivity index (χ4n) is 3.23. The van der Waals surface area contributed by atoms with Gasteiger partial charge in [-0.2, -0.15) is 0 Å². The summed E-state index contributed by atoms with van der Waals surface area (Å²) >= 11 is 0. The lowest BCUT2D eigenvalue weighted by Gasteiger charge is -2.22. The molecule has 0 spiro atoms. The summed E-state index contributed by atoms with van der Waals surface area (Å²) in [5.74, 6) is 0.0208. The molecule has 0 fully saturated rings. The summed E-state index contributed by atoms with van der Waals surface area (Å²) in [4.78, 5) is 29.5. The summed E-state index contributed by atoms with van der Waals surface area (Å²) in [6.45, 7) is 4.61. The number of aromatic nitrogens is 1. The zero-order chi connectivity index (χ0) is 25.2. The van der Waals surface area contributed by atoms with Crippen LogP contribution in [0.4, 0.5) is 5.69 Å². The van der Waals surface area contributed by atoms with Crippen LogP contribution in [0.15, 0.2) is 67.0 Å². The molecule has 2 aromatic carbocycles. The van der Waals surface area contributed by atoms with E-state index in [0.717, 1.165) is 0 Å². The number of nitrogen functional groups attached to an aromatic ring is 1. The van der Waals surface area contributed by atoms with Gasteiger partial charge < -0.3 is 20.5 Å². The molecule has 35 heavy (non-hydrogen) atoms. The van der Waals surface area contributed by atoms with Gasteiger partial charge in [0.1, 0.15) is 11.9 Å².